The van der Waals surface area contributed by atoms with Crippen LogP contribution in [0.25, 0.3) is 11.3 Å². The maximum absolute atomic E-state index is 4.13. The van der Waals surface area contributed by atoms with Gasteiger partial charge in [-0.05, 0) is 18.6 Å². The number of aromatic amines is 1. The van der Waals surface area contributed by atoms with Gasteiger partial charge in [-0.25, -0.2) is 4.98 Å². The number of H-pyrrole nitrogens is 1. The monoisotopic (exact) mass is 157 g/mol. The van der Waals surface area contributed by atoms with E-state index in [1.165, 1.54) is 0 Å². The zero-order valence-electron chi connectivity index (χ0n) is 6.83. The molecule has 12 heavy (non-hydrogen) atoms. The van der Waals surface area contributed by atoms with Gasteiger partial charge in [-0.3, -0.25) is 0 Å². The molecular weight excluding hydrogens is 148 g/mol. The summed E-state index contributed by atoms with van der Waals surface area (Å²) in [4.78, 5) is 7.22. The van der Waals surface area contributed by atoms with Gasteiger partial charge in [-0.15, -0.1) is 0 Å². The second-order valence-corrected chi connectivity index (χ2v) is 2.65. The molecule has 0 aliphatic carbocycles. The van der Waals surface area contributed by atoms with E-state index in [4.69, 9.17) is 0 Å². The van der Waals surface area contributed by atoms with E-state index in [2.05, 4.69) is 16.0 Å². The molecule has 1 N–H and O–H groups in total. The highest BCUT2D eigenvalue weighted by Crippen LogP contribution is 2.18. The van der Waals surface area contributed by atoms with Gasteiger partial charge < -0.3 is 4.98 Å². The Balaban J connectivity index is 2.51. The van der Waals surface area contributed by atoms with Gasteiger partial charge in [0.25, 0.3) is 0 Å². The molecule has 0 saturated carbocycles. The summed E-state index contributed by atoms with van der Waals surface area (Å²) in [6, 6.07) is 10.8. The third-order valence-corrected chi connectivity index (χ3v) is 1.84. The fraction of sp³-hybridized carbons (Fsp3) is 0.100. The molecule has 0 bridgehead atoms. The van der Waals surface area contributed by atoms with Crippen LogP contribution < -0.4 is 0 Å². The van der Waals surface area contributed by atoms with Crippen LogP contribution in [-0.4, -0.2) is 9.97 Å². The Labute approximate surface area is 71.3 Å². The van der Waals surface area contributed by atoms with Gasteiger partial charge in [0.2, 0.25) is 0 Å². The minimum Gasteiger partial charge on any atom is -0.344 e. The van der Waals surface area contributed by atoms with Crippen molar-refractivity contribution in [2.45, 2.75) is 6.92 Å². The van der Waals surface area contributed by atoms with Gasteiger partial charge in [0.15, 0.2) is 0 Å². The first-order chi connectivity index (χ1) is 5.88. The summed E-state index contributed by atoms with van der Waals surface area (Å²) in [7, 11) is 0. The van der Waals surface area contributed by atoms with E-state index in [1.54, 1.807) is 6.33 Å². The Morgan fingerprint density at radius 3 is 2.67 bits per heavy atom. The highest BCUT2D eigenvalue weighted by molar-refractivity contribution is 5.60. The fourth-order valence-corrected chi connectivity index (χ4v) is 1.21. The molecule has 2 heteroatoms. The second kappa shape index (κ2) is 2.81. The summed E-state index contributed by atoms with van der Waals surface area (Å²) in [5, 5.41) is 0. The molecule has 0 amide bonds. The summed E-state index contributed by atoms with van der Waals surface area (Å²) in [5.41, 5.74) is 3.27. The predicted octanol–water partition coefficient (Wildman–Crippen LogP) is 2.19. The van der Waals surface area contributed by atoms with E-state index >= 15 is 0 Å². The lowest BCUT2D eigenvalue weighted by atomic mass is 10.1. The highest BCUT2D eigenvalue weighted by atomic mass is 14.9. The smallest absolute Gasteiger partial charge is 0.0927 e. The van der Waals surface area contributed by atoms with Crippen molar-refractivity contribution in [2.75, 3.05) is 0 Å². The normalized spacial score (nSPS) is 10.1. The standard InChI is InChI=1S/C10H9N2/c1-8-10(12-7-11-8)9-5-3-2-4-6-9/h3-7H,1H3,(H,11,12). The van der Waals surface area contributed by atoms with Crippen molar-refractivity contribution in [3.8, 4) is 11.3 Å². The van der Waals surface area contributed by atoms with Crippen LogP contribution in [0.1, 0.15) is 5.69 Å². The van der Waals surface area contributed by atoms with Crippen molar-refractivity contribution in [2.24, 2.45) is 0 Å². The Morgan fingerprint density at radius 1 is 1.33 bits per heavy atom. The molecule has 2 nitrogen and oxygen atoms in total. The van der Waals surface area contributed by atoms with Gasteiger partial charge in [0, 0.05) is 0 Å². The quantitative estimate of drug-likeness (QED) is 0.675. The lowest BCUT2D eigenvalue weighted by Crippen LogP contribution is -1.79. The number of nitrogens with zero attached hydrogens (tertiary/aromatic N) is 1. The van der Waals surface area contributed by atoms with Crippen LogP contribution in [0.15, 0.2) is 30.6 Å². The summed E-state index contributed by atoms with van der Waals surface area (Å²) in [5.74, 6) is 0. The molecule has 0 fully saturated rings. The minimum absolute atomic E-state index is 1.03. The summed E-state index contributed by atoms with van der Waals surface area (Å²) in [6.45, 7) is 1.99. The maximum Gasteiger partial charge on any atom is 0.0927 e. The van der Waals surface area contributed by atoms with E-state index in [0.29, 0.717) is 0 Å². The van der Waals surface area contributed by atoms with E-state index in [0.717, 1.165) is 17.0 Å². The van der Waals surface area contributed by atoms with Crippen molar-refractivity contribution in [1.82, 2.24) is 9.97 Å². The number of nitrogens with one attached hydrogen (secondary N) is 1. The average Bonchev–Trinajstić information content (AvgIpc) is 2.53. The predicted molar refractivity (Wildman–Crippen MR) is 47.6 cm³/mol. The minimum atomic E-state index is 1.03. The molecule has 0 spiro atoms. The highest BCUT2D eigenvalue weighted by Gasteiger charge is 2.01. The third kappa shape index (κ3) is 1.11. The van der Waals surface area contributed by atoms with Crippen LogP contribution in [0.5, 0.6) is 0 Å². The van der Waals surface area contributed by atoms with Crippen molar-refractivity contribution < 1.29 is 0 Å². The first-order valence-corrected chi connectivity index (χ1v) is 3.84. The van der Waals surface area contributed by atoms with Crippen molar-refractivity contribution in [3.63, 3.8) is 0 Å². The molecule has 2 aromatic rings. The van der Waals surface area contributed by atoms with Crippen LogP contribution in [0.3, 0.4) is 0 Å². The number of imidazole rings is 1. The Bertz CT molecular complexity index is 362. The molecule has 1 heterocycles. The molecule has 2 rings (SSSR count). The fourth-order valence-electron chi connectivity index (χ4n) is 1.21. The third-order valence-electron chi connectivity index (χ3n) is 1.84. The molecule has 1 aromatic carbocycles. The largest absolute Gasteiger partial charge is 0.344 e. The van der Waals surface area contributed by atoms with Crippen LogP contribution >= 0.6 is 0 Å². The van der Waals surface area contributed by atoms with Crippen LogP contribution in [-0.2, 0) is 0 Å². The summed E-state index contributed by atoms with van der Waals surface area (Å²) in [6.07, 6.45) is 1.71. The number of hydrogen-bond acceptors (Lipinski definition) is 1. The second-order valence-electron chi connectivity index (χ2n) is 2.65. The molecule has 1 radical (unpaired) electrons. The van der Waals surface area contributed by atoms with Gasteiger partial charge in [-0.2, -0.15) is 0 Å². The Hall–Kier alpha value is -1.57. The van der Waals surface area contributed by atoms with Gasteiger partial charge >= 0.3 is 0 Å². The number of hydrogen-bond donors (Lipinski definition) is 1. The van der Waals surface area contributed by atoms with E-state index in [1.807, 2.05) is 31.2 Å². The Kier molecular flexibility index (Phi) is 1.67. The van der Waals surface area contributed by atoms with E-state index in [-0.39, 0.29) is 0 Å². The topological polar surface area (TPSA) is 28.7 Å². The van der Waals surface area contributed by atoms with Crippen LogP contribution in [0, 0.1) is 13.0 Å². The lowest BCUT2D eigenvalue weighted by Gasteiger charge is -1.96. The zero-order chi connectivity index (χ0) is 8.39. The molecule has 0 aliphatic heterocycles. The first-order valence-electron chi connectivity index (χ1n) is 3.84. The summed E-state index contributed by atoms with van der Waals surface area (Å²) < 4.78 is 0. The van der Waals surface area contributed by atoms with E-state index < -0.39 is 0 Å². The van der Waals surface area contributed by atoms with Crippen LogP contribution in [0.4, 0.5) is 0 Å². The van der Waals surface area contributed by atoms with Crippen molar-refractivity contribution in [1.29, 1.82) is 0 Å². The molecule has 59 valence electrons. The number of aromatic nitrogens is 2. The van der Waals surface area contributed by atoms with Crippen molar-refractivity contribution in [3.05, 3.63) is 42.4 Å². The van der Waals surface area contributed by atoms with Gasteiger partial charge in [0.1, 0.15) is 0 Å². The number of aryl methyl sites for hydroxylation is 1. The van der Waals surface area contributed by atoms with Crippen molar-refractivity contribution >= 4 is 0 Å². The molecule has 0 aliphatic rings. The molecule has 0 saturated heterocycles. The van der Waals surface area contributed by atoms with Gasteiger partial charge in [0.05, 0.1) is 17.7 Å². The Morgan fingerprint density at radius 2 is 2.08 bits per heavy atom. The zero-order valence-corrected chi connectivity index (χ0v) is 6.83. The molecular formula is C10H9N2. The summed E-state index contributed by atoms with van der Waals surface area (Å²) >= 11 is 0. The molecule has 1 aromatic heterocycles. The molecule has 0 atom stereocenters. The number of rotatable bonds is 1. The number of benzene rings is 1. The van der Waals surface area contributed by atoms with E-state index in [9.17, 15) is 0 Å². The SMILES string of the molecule is Cc1nc[nH]c1-c1cc[c]cc1. The first kappa shape index (κ1) is 7.10. The maximum atomic E-state index is 4.13. The lowest BCUT2D eigenvalue weighted by molar-refractivity contribution is 1.25. The average molecular weight is 157 g/mol. The van der Waals surface area contributed by atoms with Crippen LogP contribution in [0.2, 0.25) is 0 Å². The van der Waals surface area contributed by atoms with Gasteiger partial charge in [-0.1, -0.05) is 24.3 Å². The molecule has 0 unspecified atom stereocenters.